The van der Waals surface area contributed by atoms with Gasteiger partial charge in [0, 0.05) is 24.6 Å². The number of aromatic nitrogens is 3. The minimum atomic E-state index is -4.20. The summed E-state index contributed by atoms with van der Waals surface area (Å²) in [6.45, 7) is 3.59. The van der Waals surface area contributed by atoms with Gasteiger partial charge in [-0.25, -0.2) is 22.0 Å². The summed E-state index contributed by atoms with van der Waals surface area (Å²) in [5.74, 6) is -0.225. The van der Waals surface area contributed by atoms with Gasteiger partial charge in [0.2, 0.25) is 0 Å². The van der Waals surface area contributed by atoms with Gasteiger partial charge in [-0.3, -0.25) is 14.5 Å². The van der Waals surface area contributed by atoms with Gasteiger partial charge in [-0.05, 0) is 24.3 Å². The minimum Gasteiger partial charge on any atom is -0.495 e. The molecule has 3 aromatic rings. The van der Waals surface area contributed by atoms with Crippen LogP contribution in [0.25, 0.3) is 5.69 Å². The van der Waals surface area contributed by atoms with Gasteiger partial charge >= 0.3 is 5.69 Å². The molecule has 0 saturated heterocycles. The maximum atomic E-state index is 13.1. The number of alkyl halides is 2. The number of methoxy groups -OCH3 is 1. The number of H-pyrrole nitrogens is 1. The second-order valence-electron chi connectivity index (χ2n) is 7.38. The second kappa shape index (κ2) is 11.6. The highest BCUT2D eigenvalue weighted by atomic mass is 35.5. The van der Waals surface area contributed by atoms with Crippen molar-refractivity contribution in [2.24, 2.45) is 0 Å². The van der Waals surface area contributed by atoms with Crippen molar-refractivity contribution in [1.82, 2.24) is 19.5 Å². The number of allylic oxidation sites excluding steroid dienone is 1. The predicted molar refractivity (Wildman–Crippen MR) is 133 cm³/mol. The van der Waals surface area contributed by atoms with Crippen LogP contribution in [0.5, 0.6) is 17.2 Å². The van der Waals surface area contributed by atoms with Gasteiger partial charge in [0.05, 0.1) is 28.9 Å². The predicted octanol–water partition coefficient (Wildman–Crippen LogP) is 4.06. The molecule has 0 fully saturated rings. The molecule has 38 heavy (non-hydrogen) atoms. The summed E-state index contributed by atoms with van der Waals surface area (Å²) in [5, 5.41) is 11.7. The molecule has 16 heteroatoms. The number of hydrogen-bond acceptors (Lipinski definition) is 8. The lowest BCUT2D eigenvalue weighted by Crippen LogP contribution is -2.34. The first-order chi connectivity index (χ1) is 17.9. The first-order valence-electron chi connectivity index (χ1n) is 10.3. The highest BCUT2D eigenvalue weighted by molar-refractivity contribution is 7.89. The number of nitrogens with zero attached hydrogens (tertiary/aromatic N) is 3. The van der Waals surface area contributed by atoms with E-state index < -0.39 is 33.4 Å². The van der Waals surface area contributed by atoms with E-state index in [0.717, 1.165) is 18.2 Å². The number of benzene rings is 2. The highest BCUT2D eigenvalue weighted by Gasteiger charge is 2.23. The fourth-order valence-corrected chi connectivity index (χ4v) is 4.88. The number of aromatic amines is 1. The number of halogens is 4. The van der Waals surface area contributed by atoms with Crippen LogP contribution in [0.1, 0.15) is 25.0 Å². The smallest absolute Gasteiger partial charge is 0.349 e. The Bertz CT molecular complexity index is 1640. The molecule has 3 rings (SSSR count). The van der Waals surface area contributed by atoms with E-state index in [1.807, 2.05) is 6.07 Å². The molecule has 0 aliphatic heterocycles. The zero-order valence-electron chi connectivity index (χ0n) is 19.3. The molecule has 1 heterocycles. The Labute approximate surface area is 223 Å². The third-order valence-electron chi connectivity index (χ3n) is 4.75. The molecule has 0 atom stereocenters. The van der Waals surface area contributed by atoms with Crippen molar-refractivity contribution in [1.29, 1.82) is 5.26 Å². The Morgan fingerprint density at radius 3 is 2.50 bits per heavy atom. The van der Waals surface area contributed by atoms with E-state index in [1.165, 1.54) is 19.2 Å². The monoisotopic (exact) mass is 587 g/mol. The second-order valence-corrected chi connectivity index (χ2v) is 9.84. The van der Waals surface area contributed by atoms with Crippen molar-refractivity contribution in [3.05, 3.63) is 79.2 Å². The van der Waals surface area contributed by atoms with Crippen molar-refractivity contribution in [3.63, 3.8) is 0 Å². The number of nitrogens with one attached hydrogen (secondary N) is 2. The van der Waals surface area contributed by atoms with Gasteiger partial charge in [-0.1, -0.05) is 29.8 Å². The maximum Gasteiger partial charge on any atom is 0.349 e. The first kappa shape index (κ1) is 28.6. The summed E-state index contributed by atoms with van der Waals surface area (Å²) >= 11 is 12.5. The lowest BCUT2D eigenvalue weighted by molar-refractivity contribution is 0.141. The molecule has 0 saturated carbocycles. The van der Waals surface area contributed by atoms with E-state index in [1.54, 1.807) is 4.98 Å². The first-order valence-corrected chi connectivity index (χ1v) is 12.6. The zero-order chi connectivity index (χ0) is 28.2. The van der Waals surface area contributed by atoms with E-state index >= 15 is 0 Å². The van der Waals surface area contributed by atoms with Crippen LogP contribution in [0.2, 0.25) is 10.0 Å². The average Bonchev–Trinajstić information content (AvgIpc) is 2.84. The molecular formula is C22H17Cl2F2N5O6S. The topological polar surface area (TPSA) is 156 Å². The van der Waals surface area contributed by atoms with Gasteiger partial charge in [0.25, 0.3) is 22.0 Å². The summed E-state index contributed by atoms with van der Waals surface area (Å²) in [6.07, 6.45) is -3.10. The standard InChI is InChI=1S/C22H17Cl2F2N5O6S/c1-11(4-3-7-27)30-38(34,35)17-10-13(5-6-16(17)36-2)37-19-14(23)8-12(9-15(19)24)31-22(33)28-21(32)18(29-31)20(25)26/h5-6,8-10,20,30H,1,3-4H2,2H3,(H,28,32,33). The molecule has 2 N–H and O–H groups in total. The number of sulfonamides is 1. The largest absolute Gasteiger partial charge is 0.495 e. The molecule has 200 valence electrons. The minimum absolute atomic E-state index is 0.0242. The van der Waals surface area contributed by atoms with Crippen LogP contribution < -0.4 is 25.4 Å². The van der Waals surface area contributed by atoms with Gasteiger partial charge in [-0.2, -0.15) is 15.0 Å². The van der Waals surface area contributed by atoms with Crippen LogP contribution in [0.4, 0.5) is 8.78 Å². The Kier molecular flexibility index (Phi) is 8.77. The number of ether oxygens (including phenoxy) is 2. The summed E-state index contributed by atoms with van der Waals surface area (Å²) in [5.41, 5.74) is -3.72. The normalized spacial score (nSPS) is 11.2. The fourth-order valence-electron chi connectivity index (χ4n) is 3.05. The summed E-state index contributed by atoms with van der Waals surface area (Å²) in [7, 11) is -2.93. The average molecular weight is 588 g/mol. The van der Waals surface area contributed by atoms with Crippen LogP contribution in [0, 0.1) is 11.3 Å². The van der Waals surface area contributed by atoms with Gasteiger partial charge < -0.3 is 9.47 Å². The maximum absolute atomic E-state index is 13.1. The van der Waals surface area contributed by atoms with Gasteiger partial charge in [-0.15, -0.1) is 0 Å². The van der Waals surface area contributed by atoms with E-state index in [9.17, 15) is 26.8 Å². The van der Waals surface area contributed by atoms with E-state index in [2.05, 4.69) is 16.4 Å². The molecule has 0 radical (unpaired) electrons. The van der Waals surface area contributed by atoms with Crippen molar-refractivity contribution < 1.29 is 26.7 Å². The molecule has 0 amide bonds. The molecular weight excluding hydrogens is 571 g/mol. The van der Waals surface area contributed by atoms with Gasteiger partial charge in [0.15, 0.2) is 11.4 Å². The van der Waals surface area contributed by atoms with E-state index in [-0.39, 0.29) is 56.4 Å². The Morgan fingerprint density at radius 1 is 1.26 bits per heavy atom. The molecule has 0 bridgehead atoms. The molecule has 0 spiro atoms. The van der Waals surface area contributed by atoms with Crippen LogP contribution in [0.15, 0.2) is 57.1 Å². The van der Waals surface area contributed by atoms with Crippen molar-refractivity contribution in [3.8, 4) is 29.0 Å². The SMILES string of the molecule is C=C(CCC#N)NS(=O)(=O)c1cc(Oc2c(Cl)cc(-n3nc(C(F)F)c(=O)[nH]c3=O)cc2Cl)ccc1OC. The molecule has 11 nitrogen and oxygen atoms in total. The van der Waals surface area contributed by atoms with E-state index in [0.29, 0.717) is 4.68 Å². The lowest BCUT2D eigenvalue weighted by atomic mass is 10.3. The van der Waals surface area contributed by atoms with Crippen LogP contribution in [0.3, 0.4) is 0 Å². The van der Waals surface area contributed by atoms with Crippen LogP contribution >= 0.6 is 23.2 Å². The Morgan fingerprint density at radius 2 is 1.92 bits per heavy atom. The zero-order valence-corrected chi connectivity index (χ0v) is 21.6. The van der Waals surface area contributed by atoms with Crippen molar-refractivity contribution in [2.75, 3.05) is 7.11 Å². The number of rotatable bonds is 10. The quantitative estimate of drug-likeness (QED) is 0.359. The summed E-state index contributed by atoms with van der Waals surface area (Å²) < 4.78 is 65.5. The van der Waals surface area contributed by atoms with Crippen LogP contribution in [-0.4, -0.2) is 30.3 Å². The number of nitriles is 1. The summed E-state index contributed by atoms with van der Waals surface area (Å²) in [6, 6.07) is 7.93. The molecule has 0 unspecified atom stereocenters. The van der Waals surface area contributed by atoms with Crippen molar-refractivity contribution >= 4 is 33.2 Å². The fraction of sp³-hybridized carbons (Fsp3) is 0.182. The molecule has 2 aromatic carbocycles. The highest BCUT2D eigenvalue weighted by Crippen LogP contribution is 2.39. The summed E-state index contributed by atoms with van der Waals surface area (Å²) in [4.78, 5) is 25.1. The van der Waals surface area contributed by atoms with Crippen LogP contribution in [-0.2, 0) is 10.0 Å². The Hall–Kier alpha value is -3.93. The van der Waals surface area contributed by atoms with E-state index in [4.69, 9.17) is 37.9 Å². The lowest BCUT2D eigenvalue weighted by Gasteiger charge is -2.16. The third kappa shape index (κ3) is 6.31. The third-order valence-corrected chi connectivity index (χ3v) is 6.77. The van der Waals surface area contributed by atoms with Crippen molar-refractivity contribution in [2.45, 2.75) is 24.2 Å². The molecule has 0 aliphatic rings. The Balaban J connectivity index is 1.99. The number of hydrogen-bond donors (Lipinski definition) is 2. The van der Waals surface area contributed by atoms with Gasteiger partial charge in [0.1, 0.15) is 16.4 Å². The molecule has 1 aromatic heterocycles. The molecule has 0 aliphatic carbocycles.